The van der Waals surface area contributed by atoms with Crippen LogP contribution < -0.4 is 0 Å². The summed E-state index contributed by atoms with van der Waals surface area (Å²) in [6, 6.07) is 0. The Balaban J connectivity index is 0.000000605. The SMILES string of the molecule is Sn1cnc2cncnc21.[NaH]. The fraction of sp³-hybridized carbons (Fsp3) is 0. The number of nitrogens with zero attached hydrogens (tertiary/aromatic N) is 4. The predicted octanol–water partition coefficient (Wildman–Crippen LogP) is -0.129. The van der Waals surface area contributed by atoms with Crippen molar-refractivity contribution in [3.05, 3.63) is 18.9 Å². The van der Waals surface area contributed by atoms with Crippen LogP contribution in [0.4, 0.5) is 0 Å². The van der Waals surface area contributed by atoms with Crippen LogP contribution in [0.2, 0.25) is 0 Å². The maximum atomic E-state index is 4.07. The molecule has 0 bridgehead atoms. The van der Waals surface area contributed by atoms with E-state index in [4.69, 9.17) is 0 Å². The molecule has 0 aliphatic rings. The Morgan fingerprint density at radius 2 is 2.18 bits per heavy atom. The van der Waals surface area contributed by atoms with E-state index in [1.165, 1.54) is 6.33 Å². The second-order valence-electron chi connectivity index (χ2n) is 1.82. The van der Waals surface area contributed by atoms with Crippen LogP contribution in [-0.2, 0) is 0 Å². The van der Waals surface area contributed by atoms with Crippen molar-refractivity contribution in [2.24, 2.45) is 0 Å². The molecule has 0 saturated carbocycles. The molecule has 0 aliphatic heterocycles. The van der Waals surface area contributed by atoms with Crippen LogP contribution in [0, 0.1) is 0 Å². The van der Waals surface area contributed by atoms with Crippen molar-refractivity contribution in [3.8, 4) is 0 Å². The van der Waals surface area contributed by atoms with Crippen molar-refractivity contribution in [1.82, 2.24) is 18.9 Å². The van der Waals surface area contributed by atoms with Crippen LogP contribution in [0.1, 0.15) is 0 Å². The number of thiol groups is 1. The molecule has 4 nitrogen and oxygen atoms in total. The molecule has 0 unspecified atom stereocenters. The van der Waals surface area contributed by atoms with Gasteiger partial charge in [0.1, 0.15) is 18.2 Å². The first-order chi connectivity index (χ1) is 4.88. The van der Waals surface area contributed by atoms with Gasteiger partial charge in [-0.15, -0.1) is 0 Å². The van der Waals surface area contributed by atoms with Crippen LogP contribution in [0.5, 0.6) is 0 Å². The molecule has 2 rings (SSSR count). The van der Waals surface area contributed by atoms with Gasteiger partial charge in [0.25, 0.3) is 0 Å². The third-order valence-corrected chi connectivity index (χ3v) is 1.49. The second-order valence-corrected chi connectivity index (χ2v) is 2.25. The average Bonchev–Trinajstić information content (AvgIpc) is 2.34. The summed E-state index contributed by atoms with van der Waals surface area (Å²) in [6.45, 7) is 0. The summed E-state index contributed by atoms with van der Waals surface area (Å²) in [5.41, 5.74) is 1.50. The molecule has 0 radical (unpaired) electrons. The molecule has 2 aromatic heterocycles. The summed E-state index contributed by atoms with van der Waals surface area (Å²) in [5.74, 6) is 0. The molecule has 2 aromatic rings. The van der Waals surface area contributed by atoms with Crippen LogP contribution in [0.25, 0.3) is 11.2 Å². The van der Waals surface area contributed by atoms with E-state index in [0.717, 1.165) is 11.2 Å². The molecule has 52 valence electrons. The third-order valence-electron chi connectivity index (χ3n) is 1.20. The number of hydrogen-bond acceptors (Lipinski definition) is 4. The molecule has 0 amide bonds. The van der Waals surface area contributed by atoms with Crippen molar-refractivity contribution < 1.29 is 0 Å². The second kappa shape index (κ2) is 3.53. The minimum absolute atomic E-state index is 0. The van der Waals surface area contributed by atoms with E-state index in [1.54, 1.807) is 16.5 Å². The number of fused-ring (bicyclic) bond motifs is 1. The fourth-order valence-corrected chi connectivity index (χ4v) is 0.961. The minimum atomic E-state index is 0. The first kappa shape index (κ1) is 8.99. The Bertz CT molecular complexity index is 360. The van der Waals surface area contributed by atoms with E-state index in [1.807, 2.05) is 0 Å². The number of hydrogen-bond donors (Lipinski definition) is 1. The molecule has 11 heavy (non-hydrogen) atoms. The molecular formula is C5H5N4NaS. The van der Waals surface area contributed by atoms with Gasteiger partial charge < -0.3 is 0 Å². The summed E-state index contributed by atoms with van der Waals surface area (Å²) < 4.78 is 1.55. The number of aromatic nitrogens is 4. The van der Waals surface area contributed by atoms with E-state index in [9.17, 15) is 0 Å². The van der Waals surface area contributed by atoms with E-state index in [-0.39, 0.29) is 29.6 Å². The summed E-state index contributed by atoms with van der Waals surface area (Å²) in [7, 11) is 0. The van der Waals surface area contributed by atoms with Gasteiger partial charge in [-0.3, -0.25) is 3.97 Å². The fourth-order valence-electron chi connectivity index (χ4n) is 0.755. The van der Waals surface area contributed by atoms with Crippen molar-refractivity contribution in [2.45, 2.75) is 0 Å². The first-order valence-electron chi connectivity index (χ1n) is 2.70. The normalized spacial score (nSPS) is 9.55. The van der Waals surface area contributed by atoms with Gasteiger partial charge in [0, 0.05) is 0 Å². The molecular weight excluding hydrogens is 171 g/mol. The Morgan fingerprint density at radius 3 is 2.91 bits per heavy atom. The predicted molar refractivity (Wildman–Crippen MR) is 46.9 cm³/mol. The van der Waals surface area contributed by atoms with Gasteiger partial charge in [-0.1, -0.05) is 12.8 Å². The molecule has 6 heteroatoms. The standard InChI is InChI=1S/C5H4N4S.Na.H/c10-9-3-8-4-1-6-2-7-5(4)9;;/h1-3,10H;;. The third kappa shape index (κ3) is 1.56. The van der Waals surface area contributed by atoms with Gasteiger partial charge in [-0.05, 0) is 0 Å². The summed E-state index contributed by atoms with van der Waals surface area (Å²) in [4.78, 5) is 11.7. The van der Waals surface area contributed by atoms with Crippen molar-refractivity contribution in [2.75, 3.05) is 0 Å². The zero-order valence-corrected chi connectivity index (χ0v) is 5.86. The van der Waals surface area contributed by atoms with E-state index in [0.29, 0.717) is 0 Å². The van der Waals surface area contributed by atoms with Gasteiger partial charge in [0.2, 0.25) is 0 Å². The first-order valence-corrected chi connectivity index (χ1v) is 3.10. The summed E-state index contributed by atoms with van der Waals surface area (Å²) in [6.07, 6.45) is 4.70. The topological polar surface area (TPSA) is 43.6 Å². The number of rotatable bonds is 0. The quantitative estimate of drug-likeness (QED) is 0.449. The van der Waals surface area contributed by atoms with Crippen LogP contribution in [0.15, 0.2) is 18.9 Å². The van der Waals surface area contributed by atoms with Gasteiger partial charge in [-0.25, -0.2) is 15.0 Å². The Labute approximate surface area is 90.9 Å². The Hall–Kier alpha value is -0.100. The zero-order valence-electron chi connectivity index (χ0n) is 4.97. The average molecular weight is 176 g/mol. The number of imidazole rings is 1. The monoisotopic (exact) mass is 176 g/mol. The van der Waals surface area contributed by atoms with Gasteiger partial charge in [0.15, 0.2) is 5.65 Å². The molecule has 0 saturated heterocycles. The van der Waals surface area contributed by atoms with Crippen LogP contribution in [-0.4, -0.2) is 48.5 Å². The van der Waals surface area contributed by atoms with Crippen LogP contribution >= 0.6 is 12.8 Å². The van der Waals surface area contributed by atoms with Gasteiger partial charge >= 0.3 is 29.6 Å². The molecule has 2 heterocycles. The molecule has 0 spiro atoms. The maximum absolute atomic E-state index is 4.07. The summed E-state index contributed by atoms with van der Waals surface area (Å²) in [5, 5.41) is 0. The van der Waals surface area contributed by atoms with Gasteiger partial charge in [0.05, 0.1) is 6.20 Å². The van der Waals surface area contributed by atoms with Crippen molar-refractivity contribution >= 4 is 53.5 Å². The van der Waals surface area contributed by atoms with Crippen molar-refractivity contribution in [1.29, 1.82) is 0 Å². The molecule has 0 atom stereocenters. The molecule has 0 fully saturated rings. The molecule has 0 N–H and O–H groups in total. The Kier molecular flexibility index (Phi) is 2.89. The molecule has 0 aromatic carbocycles. The molecule has 0 aliphatic carbocycles. The van der Waals surface area contributed by atoms with Crippen molar-refractivity contribution in [3.63, 3.8) is 0 Å². The summed E-state index contributed by atoms with van der Waals surface area (Å²) >= 11 is 4.07. The zero-order chi connectivity index (χ0) is 6.97. The van der Waals surface area contributed by atoms with E-state index in [2.05, 4.69) is 27.8 Å². The van der Waals surface area contributed by atoms with Crippen LogP contribution in [0.3, 0.4) is 0 Å². The Morgan fingerprint density at radius 1 is 1.36 bits per heavy atom. The van der Waals surface area contributed by atoms with E-state index < -0.39 is 0 Å². The van der Waals surface area contributed by atoms with E-state index >= 15 is 0 Å². The van der Waals surface area contributed by atoms with Gasteiger partial charge in [-0.2, -0.15) is 0 Å².